The average Bonchev–Trinajstić information content (AvgIpc) is 3.26. The molecular formula is C27H35ClN6OS. The maximum absolute atomic E-state index is 6.70. The normalized spacial score (nSPS) is 22.5. The third-order valence-corrected chi connectivity index (χ3v) is 9.35. The molecule has 5 heterocycles. The number of likely N-dealkylation sites (tertiary alicyclic amines) is 1. The Hall–Kier alpha value is -2.05. The summed E-state index contributed by atoms with van der Waals surface area (Å²) in [4.78, 5) is 19.3. The molecule has 0 radical (unpaired) electrons. The summed E-state index contributed by atoms with van der Waals surface area (Å²) in [6, 6.07) is 1.88. The van der Waals surface area contributed by atoms with E-state index in [9.17, 15) is 0 Å². The number of rotatable bonds is 4. The smallest absolute Gasteiger partial charge is 0.158 e. The molecule has 3 fully saturated rings. The molecule has 3 saturated heterocycles. The second kappa shape index (κ2) is 11.1. The summed E-state index contributed by atoms with van der Waals surface area (Å²) in [6.07, 6.45) is 9.51. The van der Waals surface area contributed by atoms with Gasteiger partial charge in [-0.25, -0.2) is 15.0 Å². The lowest BCUT2D eigenvalue weighted by Crippen LogP contribution is -2.41. The molecule has 36 heavy (non-hydrogen) atoms. The van der Waals surface area contributed by atoms with E-state index in [2.05, 4.69) is 50.4 Å². The van der Waals surface area contributed by atoms with Crippen molar-refractivity contribution in [3.63, 3.8) is 0 Å². The van der Waals surface area contributed by atoms with Crippen LogP contribution in [0.15, 0.2) is 28.4 Å². The minimum Gasteiger partial charge on any atom is -0.381 e. The van der Waals surface area contributed by atoms with E-state index in [-0.39, 0.29) is 0 Å². The van der Waals surface area contributed by atoms with Crippen molar-refractivity contribution in [2.45, 2.75) is 62.0 Å². The number of hydrogen-bond acceptors (Lipinski definition) is 8. The van der Waals surface area contributed by atoms with Crippen LogP contribution in [0.1, 0.15) is 51.6 Å². The van der Waals surface area contributed by atoms with Crippen LogP contribution in [-0.2, 0) is 4.74 Å². The largest absolute Gasteiger partial charge is 0.381 e. The second-order valence-electron chi connectivity index (χ2n) is 10.3. The first kappa shape index (κ1) is 25.6. The summed E-state index contributed by atoms with van der Waals surface area (Å²) in [7, 11) is 0. The predicted octanol–water partition coefficient (Wildman–Crippen LogP) is 4.74. The highest BCUT2D eigenvalue weighted by Crippen LogP contribution is 2.43. The van der Waals surface area contributed by atoms with E-state index in [4.69, 9.17) is 22.1 Å². The molecule has 192 valence electrons. The lowest BCUT2D eigenvalue weighted by molar-refractivity contribution is 0.0976. The summed E-state index contributed by atoms with van der Waals surface area (Å²) in [5.74, 6) is 8.26. The standard InChI is InChI=1S/C27H35ClN6OS/c1-3-33-12-7-20(8-13-33)4-5-21-24(28)22(6-11-30-21)36-26-25(29)32-23(17-31-26)34-14-9-27(10-15-34)16-19(2)35-18-27/h6,11,17,19-20H,3,7-10,12-16,18H2,1-2H3,(H2,29,32)/t19-/m0/s1. The first-order chi connectivity index (χ1) is 17.4. The molecule has 3 aliphatic rings. The number of halogens is 1. The summed E-state index contributed by atoms with van der Waals surface area (Å²) < 4.78 is 5.86. The number of nitrogens with zero attached hydrogens (tertiary/aromatic N) is 5. The maximum Gasteiger partial charge on any atom is 0.158 e. The van der Waals surface area contributed by atoms with Gasteiger partial charge in [-0.2, -0.15) is 0 Å². The molecule has 2 aromatic heterocycles. The average molecular weight is 527 g/mol. The molecule has 1 spiro atoms. The van der Waals surface area contributed by atoms with E-state index in [1.54, 1.807) is 6.20 Å². The third kappa shape index (κ3) is 5.75. The van der Waals surface area contributed by atoms with Gasteiger partial charge in [0.15, 0.2) is 5.82 Å². The zero-order chi connectivity index (χ0) is 25.1. The Morgan fingerprint density at radius 1 is 1.22 bits per heavy atom. The van der Waals surface area contributed by atoms with Gasteiger partial charge in [0.2, 0.25) is 0 Å². The zero-order valence-corrected chi connectivity index (χ0v) is 22.7. The van der Waals surface area contributed by atoms with Crippen molar-refractivity contribution in [2.24, 2.45) is 11.3 Å². The van der Waals surface area contributed by atoms with Crippen molar-refractivity contribution in [1.29, 1.82) is 0 Å². The van der Waals surface area contributed by atoms with Gasteiger partial charge in [0.05, 0.1) is 23.9 Å². The molecule has 2 N–H and O–H groups in total. The fourth-order valence-corrected chi connectivity index (χ4v) is 6.53. The van der Waals surface area contributed by atoms with E-state index < -0.39 is 0 Å². The molecule has 1 atom stereocenters. The number of aromatic nitrogens is 3. The van der Waals surface area contributed by atoms with Gasteiger partial charge in [0.25, 0.3) is 0 Å². The molecule has 2 aromatic rings. The van der Waals surface area contributed by atoms with Gasteiger partial charge in [0, 0.05) is 30.1 Å². The summed E-state index contributed by atoms with van der Waals surface area (Å²) >= 11 is 8.11. The van der Waals surface area contributed by atoms with Crippen LogP contribution in [0.3, 0.4) is 0 Å². The second-order valence-corrected chi connectivity index (χ2v) is 11.7. The Morgan fingerprint density at radius 2 is 2.00 bits per heavy atom. The molecule has 0 unspecified atom stereocenters. The van der Waals surface area contributed by atoms with Crippen LogP contribution in [0.25, 0.3) is 0 Å². The molecule has 7 nitrogen and oxygen atoms in total. The molecule has 0 aliphatic carbocycles. The van der Waals surface area contributed by atoms with Crippen LogP contribution in [0.4, 0.5) is 11.6 Å². The number of nitrogens with two attached hydrogens (primary N) is 1. The van der Waals surface area contributed by atoms with Crippen LogP contribution < -0.4 is 10.6 Å². The highest BCUT2D eigenvalue weighted by atomic mass is 35.5. The van der Waals surface area contributed by atoms with Gasteiger partial charge in [-0.05, 0) is 76.1 Å². The van der Waals surface area contributed by atoms with Gasteiger partial charge in [0.1, 0.15) is 16.5 Å². The number of pyridine rings is 1. The topological polar surface area (TPSA) is 80.4 Å². The quantitative estimate of drug-likeness (QED) is 0.572. The lowest BCUT2D eigenvalue weighted by atomic mass is 9.77. The first-order valence-corrected chi connectivity index (χ1v) is 14.2. The van der Waals surface area contributed by atoms with Gasteiger partial charge in [-0.3, -0.25) is 0 Å². The van der Waals surface area contributed by atoms with Gasteiger partial charge in [-0.15, -0.1) is 0 Å². The van der Waals surface area contributed by atoms with Crippen LogP contribution in [-0.4, -0.2) is 65.3 Å². The van der Waals surface area contributed by atoms with Crippen molar-refractivity contribution in [1.82, 2.24) is 19.9 Å². The predicted molar refractivity (Wildman–Crippen MR) is 145 cm³/mol. The lowest BCUT2D eigenvalue weighted by Gasteiger charge is -2.38. The Balaban J connectivity index is 1.23. The summed E-state index contributed by atoms with van der Waals surface area (Å²) in [6.45, 7) is 10.5. The Labute approximate surface area is 223 Å². The van der Waals surface area contributed by atoms with E-state index in [1.807, 2.05) is 12.3 Å². The fourth-order valence-electron chi connectivity index (χ4n) is 5.48. The Bertz CT molecular complexity index is 1130. The SMILES string of the molecule is CCN1CCC(C#Cc2nccc(Sc3ncc(N4CCC5(CC4)CO[C@@H](C)C5)nc3N)c2Cl)CC1. The number of hydrogen-bond donors (Lipinski definition) is 1. The molecular weight excluding hydrogens is 492 g/mol. The molecule has 5 rings (SSSR count). The van der Waals surface area contributed by atoms with Crippen molar-refractivity contribution >= 4 is 35.0 Å². The Morgan fingerprint density at radius 3 is 2.67 bits per heavy atom. The van der Waals surface area contributed by atoms with Gasteiger partial charge >= 0.3 is 0 Å². The molecule has 9 heteroatoms. The van der Waals surface area contributed by atoms with Crippen molar-refractivity contribution in [3.8, 4) is 11.8 Å². The van der Waals surface area contributed by atoms with E-state index in [0.717, 1.165) is 82.1 Å². The first-order valence-electron chi connectivity index (χ1n) is 13.0. The maximum atomic E-state index is 6.70. The fraction of sp³-hybridized carbons (Fsp3) is 0.593. The van der Waals surface area contributed by atoms with Crippen LogP contribution in [0.2, 0.25) is 5.02 Å². The molecule has 0 amide bonds. The highest BCUT2D eigenvalue weighted by molar-refractivity contribution is 7.99. The van der Waals surface area contributed by atoms with Crippen molar-refractivity contribution in [3.05, 3.63) is 29.2 Å². The monoisotopic (exact) mass is 526 g/mol. The van der Waals surface area contributed by atoms with E-state index in [1.165, 1.54) is 11.8 Å². The van der Waals surface area contributed by atoms with Crippen LogP contribution >= 0.6 is 23.4 Å². The molecule has 0 saturated carbocycles. The number of anilines is 2. The third-order valence-electron chi connectivity index (χ3n) is 7.78. The summed E-state index contributed by atoms with van der Waals surface area (Å²) in [5.41, 5.74) is 7.28. The van der Waals surface area contributed by atoms with Crippen LogP contribution in [0, 0.1) is 23.2 Å². The summed E-state index contributed by atoms with van der Waals surface area (Å²) in [5, 5.41) is 1.19. The number of nitrogen functional groups attached to an aromatic ring is 1. The molecule has 0 aromatic carbocycles. The zero-order valence-electron chi connectivity index (χ0n) is 21.2. The van der Waals surface area contributed by atoms with Gasteiger partial charge in [-0.1, -0.05) is 36.2 Å². The Kier molecular flexibility index (Phi) is 7.92. The number of ether oxygens (including phenoxy) is 1. The minimum absolute atomic E-state index is 0.330. The van der Waals surface area contributed by atoms with Crippen molar-refractivity contribution in [2.75, 3.05) is 50.0 Å². The van der Waals surface area contributed by atoms with Crippen LogP contribution in [0.5, 0.6) is 0 Å². The molecule has 3 aliphatic heterocycles. The van der Waals surface area contributed by atoms with Crippen molar-refractivity contribution < 1.29 is 4.74 Å². The van der Waals surface area contributed by atoms with Gasteiger partial charge < -0.3 is 20.3 Å². The number of piperidine rings is 2. The minimum atomic E-state index is 0.330. The molecule has 0 bridgehead atoms. The highest BCUT2D eigenvalue weighted by Gasteiger charge is 2.41. The van der Waals surface area contributed by atoms with E-state index in [0.29, 0.717) is 39.0 Å². The van der Waals surface area contributed by atoms with E-state index >= 15 is 0 Å².